The Bertz CT molecular complexity index is 1840. The summed E-state index contributed by atoms with van der Waals surface area (Å²) in [6.07, 6.45) is -0.160. The Labute approximate surface area is 276 Å². The van der Waals surface area contributed by atoms with Crippen LogP contribution in [0.2, 0.25) is 0 Å². The minimum atomic E-state index is -1.12. The molecular weight excluding hydrogens is 592 g/mol. The third-order valence-electron chi connectivity index (χ3n) is 9.37. The molecule has 0 unspecified atom stereocenters. The van der Waals surface area contributed by atoms with Crippen LogP contribution in [0, 0.1) is 11.3 Å². The standard InChI is InChI=1S/C38H46N4O5/c1-37(2,3)25-18-19-29(47-8)24(20-25)22-39-32-31(38(4,5)6)34(36(45)46)42(33(32)23-14-10-9-11-15-23)30(43)21-28-26-16-12-13-17-27(26)35(44)41(7)40-28/h9-20,31-34,39H,21-22H2,1-8H3,(H,45,46)/t31-,32-,33-,34-/m0/s1. The maximum Gasteiger partial charge on any atom is 0.326 e. The van der Waals surface area contributed by atoms with Gasteiger partial charge in [-0.1, -0.05) is 102 Å². The Balaban J connectivity index is 1.63. The number of aromatic nitrogens is 2. The molecule has 2 heterocycles. The molecule has 1 aliphatic heterocycles. The van der Waals surface area contributed by atoms with Gasteiger partial charge in [-0.25, -0.2) is 9.48 Å². The molecule has 9 heteroatoms. The number of ether oxygens (including phenoxy) is 1. The van der Waals surface area contributed by atoms with Crippen molar-refractivity contribution in [1.82, 2.24) is 20.0 Å². The summed E-state index contributed by atoms with van der Waals surface area (Å²) in [4.78, 5) is 42.2. The molecular formula is C38H46N4O5. The van der Waals surface area contributed by atoms with E-state index in [0.717, 1.165) is 22.4 Å². The minimum absolute atomic E-state index is 0.0777. The molecule has 1 aliphatic rings. The van der Waals surface area contributed by atoms with E-state index in [1.165, 1.54) is 4.68 Å². The third kappa shape index (κ3) is 6.67. The topological polar surface area (TPSA) is 114 Å². The summed E-state index contributed by atoms with van der Waals surface area (Å²) in [5.74, 6) is -1.15. The third-order valence-corrected chi connectivity index (χ3v) is 9.37. The van der Waals surface area contributed by atoms with Crippen molar-refractivity contribution in [2.75, 3.05) is 7.11 Å². The highest BCUT2D eigenvalue weighted by Crippen LogP contribution is 2.48. The van der Waals surface area contributed by atoms with Crippen molar-refractivity contribution in [2.24, 2.45) is 18.4 Å². The number of benzene rings is 3. The van der Waals surface area contributed by atoms with Crippen LogP contribution in [-0.4, -0.2) is 50.9 Å². The maximum atomic E-state index is 14.6. The van der Waals surface area contributed by atoms with E-state index in [1.54, 1.807) is 43.3 Å². The number of carbonyl (C=O) groups is 2. The number of carbonyl (C=O) groups excluding carboxylic acids is 1. The number of carboxylic acids is 1. The van der Waals surface area contributed by atoms with Gasteiger partial charge in [0.15, 0.2) is 0 Å². The highest BCUT2D eigenvalue weighted by atomic mass is 16.5. The number of nitrogens with zero attached hydrogens (tertiary/aromatic N) is 3. The molecule has 47 heavy (non-hydrogen) atoms. The molecule has 0 saturated carbocycles. The van der Waals surface area contributed by atoms with Crippen LogP contribution in [0.5, 0.6) is 5.75 Å². The second-order valence-electron chi connectivity index (χ2n) is 14.6. The Hall–Kier alpha value is -4.50. The summed E-state index contributed by atoms with van der Waals surface area (Å²) in [6, 6.07) is 20.8. The first kappa shape index (κ1) is 33.9. The second-order valence-corrected chi connectivity index (χ2v) is 14.6. The van der Waals surface area contributed by atoms with E-state index in [0.29, 0.717) is 23.0 Å². The Morgan fingerprint density at radius 1 is 0.936 bits per heavy atom. The molecule has 3 aromatic carbocycles. The predicted molar refractivity (Wildman–Crippen MR) is 183 cm³/mol. The minimum Gasteiger partial charge on any atom is -0.496 e. The number of likely N-dealkylation sites (tertiary alicyclic amines) is 1. The lowest BCUT2D eigenvalue weighted by Crippen LogP contribution is -2.48. The lowest BCUT2D eigenvalue weighted by molar-refractivity contribution is -0.152. The zero-order valence-corrected chi connectivity index (χ0v) is 28.6. The molecule has 1 aromatic heterocycles. The summed E-state index contributed by atoms with van der Waals surface area (Å²) in [5.41, 5.74) is 2.54. The highest BCUT2D eigenvalue weighted by molar-refractivity contribution is 5.91. The van der Waals surface area contributed by atoms with Gasteiger partial charge in [-0.15, -0.1) is 0 Å². The fourth-order valence-electron chi connectivity index (χ4n) is 7.12. The second kappa shape index (κ2) is 13.0. The molecule has 4 atom stereocenters. The van der Waals surface area contributed by atoms with Gasteiger partial charge in [0.25, 0.3) is 5.56 Å². The lowest BCUT2D eigenvalue weighted by Gasteiger charge is -2.35. The number of fused-ring (bicyclic) bond motifs is 1. The van der Waals surface area contributed by atoms with Crippen molar-refractivity contribution in [1.29, 1.82) is 0 Å². The monoisotopic (exact) mass is 638 g/mol. The number of aliphatic carboxylic acids is 1. The molecule has 1 fully saturated rings. The zero-order chi connectivity index (χ0) is 34.3. The SMILES string of the molecule is COc1ccc(C(C)(C)C)cc1CN[C@H]1[C@H](C(C)(C)C)[C@@H](C(=O)O)N(C(=O)Cc2nn(C)c(=O)c3ccccc23)[C@H]1c1ccccc1. The Morgan fingerprint density at radius 2 is 1.57 bits per heavy atom. The van der Waals surface area contributed by atoms with Crippen LogP contribution in [-0.2, 0) is 35.0 Å². The van der Waals surface area contributed by atoms with Gasteiger partial charge < -0.3 is 20.1 Å². The van der Waals surface area contributed by atoms with Crippen molar-refractivity contribution in [2.45, 2.75) is 78.0 Å². The van der Waals surface area contributed by atoms with E-state index in [-0.39, 0.29) is 23.3 Å². The largest absolute Gasteiger partial charge is 0.496 e. The molecule has 1 amide bonds. The normalized spacial score (nSPS) is 20.0. The fourth-order valence-corrected chi connectivity index (χ4v) is 7.12. The molecule has 0 aliphatic carbocycles. The molecule has 0 radical (unpaired) electrons. The number of hydrogen-bond donors (Lipinski definition) is 2. The average molecular weight is 639 g/mol. The van der Waals surface area contributed by atoms with E-state index in [4.69, 9.17) is 4.74 Å². The van der Waals surface area contributed by atoms with E-state index in [1.807, 2.05) is 57.2 Å². The van der Waals surface area contributed by atoms with Crippen molar-refractivity contribution in [3.8, 4) is 5.75 Å². The van der Waals surface area contributed by atoms with Crippen LogP contribution in [0.15, 0.2) is 77.6 Å². The number of hydrogen-bond acceptors (Lipinski definition) is 6. The predicted octanol–water partition coefficient (Wildman–Crippen LogP) is 5.64. The van der Waals surface area contributed by atoms with E-state index in [2.05, 4.69) is 43.3 Å². The Morgan fingerprint density at radius 3 is 2.17 bits per heavy atom. The van der Waals surface area contributed by atoms with Gasteiger partial charge in [-0.2, -0.15) is 5.10 Å². The summed E-state index contributed by atoms with van der Waals surface area (Å²) < 4.78 is 6.98. The number of methoxy groups -OCH3 is 1. The number of rotatable bonds is 8. The van der Waals surface area contributed by atoms with Crippen LogP contribution in [0.3, 0.4) is 0 Å². The van der Waals surface area contributed by atoms with E-state index < -0.39 is 35.4 Å². The molecule has 248 valence electrons. The van der Waals surface area contributed by atoms with Gasteiger partial charge in [0.05, 0.1) is 30.7 Å². The van der Waals surface area contributed by atoms with E-state index in [9.17, 15) is 19.5 Å². The first-order valence-corrected chi connectivity index (χ1v) is 16.1. The number of amides is 1. The quantitative estimate of drug-likeness (QED) is 0.257. The summed E-state index contributed by atoms with van der Waals surface area (Å²) in [6.45, 7) is 13.0. The molecule has 4 aromatic rings. The van der Waals surface area contributed by atoms with E-state index >= 15 is 0 Å². The van der Waals surface area contributed by atoms with Gasteiger partial charge in [-0.3, -0.25) is 9.59 Å². The Kier molecular flexibility index (Phi) is 9.33. The van der Waals surface area contributed by atoms with Crippen molar-refractivity contribution < 1.29 is 19.4 Å². The first-order valence-electron chi connectivity index (χ1n) is 16.1. The summed E-state index contributed by atoms with van der Waals surface area (Å²) >= 11 is 0. The number of carboxylic acid groups (broad SMARTS) is 1. The molecule has 9 nitrogen and oxygen atoms in total. The van der Waals surface area contributed by atoms with Gasteiger partial charge >= 0.3 is 5.97 Å². The zero-order valence-electron chi connectivity index (χ0n) is 28.6. The van der Waals surface area contributed by atoms with Crippen LogP contribution in [0.1, 0.15) is 70.0 Å². The molecule has 5 rings (SSSR count). The van der Waals surface area contributed by atoms with Gasteiger partial charge in [0, 0.05) is 36.5 Å². The van der Waals surface area contributed by atoms with Crippen LogP contribution in [0.25, 0.3) is 10.8 Å². The van der Waals surface area contributed by atoms with Crippen molar-refractivity contribution >= 4 is 22.6 Å². The maximum absolute atomic E-state index is 14.6. The summed E-state index contributed by atoms with van der Waals surface area (Å²) in [5, 5.41) is 20.1. The number of nitrogens with one attached hydrogen (secondary N) is 1. The lowest BCUT2D eigenvalue weighted by atomic mass is 9.72. The van der Waals surface area contributed by atoms with Crippen molar-refractivity contribution in [3.63, 3.8) is 0 Å². The van der Waals surface area contributed by atoms with Gasteiger partial charge in [-0.05, 0) is 34.1 Å². The van der Waals surface area contributed by atoms with Crippen molar-refractivity contribution in [3.05, 3.63) is 106 Å². The van der Waals surface area contributed by atoms with Gasteiger partial charge in [0.2, 0.25) is 5.91 Å². The smallest absolute Gasteiger partial charge is 0.326 e. The molecule has 1 saturated heterocycles. The average Bonchev–Trinajstić information content (AvgIpc) is 3.39. The van der Waals surface area contributed by atoms with Crippen LogP contribution < -0.4 is 15.6 Å². The molecule has 0 spiro atoms. The highest BCUT2D eigenvalue weighted by Gasteiger charge is 2.57. The summed E-state index contributed by atoms with van der Waals surface area (Å²) in [7, 11) is 3.21. The molecule has 2 N–H and O–H groups in total. The first-order chi connectivity index (χ1) is 22.1. The van der Waals surface area contributed by atoms with Gasteiger partial charge in [0.1, 0.15) is 11.8 Å². The molecule has 0 bridgehead atoms. The van der Waals surface area contributed by atoms with Crippen LogP contribution in [0.4, 0.5) is 0 Å². The van der Waals surface area contributed by atoms with Crippen LogP contribution >= 0.6 is 0 Å². The number of aryl methyl sites for hydroxylation is 1. The fraction of sp³-hybridized carbons (Fsp3) is 0.421.